The molecule has 0 aliphatic rings. The monoisotopic (exact) mass is 887 g/mol. The van der Waals surface area contributed by atoms with E-state index < -0.39 is 23.5 Å². The fourth-order valence-corrected chi connectivity index (χ4v) is 8.75. The van der Waals surface area contributed by atoms with Gasteiger partial charge in [-0.15, -0.1) is 0 Å². The summed E-state index contributed by atoms with van der Waals surface area (Å²) in [5.41, 5.74) is 2.75. The molecule has 0 unspecified atom stereocenters. The van der Waals surface area contributed by atoms with Crippen LogP contribution in [0.2, 0.25) is 0 Å². The molecule has 10 aromatic rings. The number of nitriles is 2. The standard InChI is InChI=1S/C56H31F6N5/c57-55(58,59)47-20-10-7-17-41(47)45-29-40(54-65-49(36-13-3-1-4-14-36)31-50(66-54)37-15-5-2-6-16-37)30-46(42-18-8-11-21-48(42)56(60,61)62)53(45)67-51-22-12-9-19-43(51)44-28-38(23-24-52(44)67)39-26-34(32-63)25-35(27-39)33-64/h1-31H. The van der Waals surface area contributed by atoms with Gasteiger partial charge in [0, 0.05) is 38.6 Å². The molecule has 0 aliphatic heterocycles. The molecule has 2 aromatic heterocycles. The van der Waals surface area contributed by atoms with Crippen molar-refractivity contribution in [3.8, 4) is 85.1 Å². The van der Waals surface area contributed by atoms with Crippen molar-refractivity contribution in [3.05, 3.63) is 210 Å². The highest BCUT2D eigenvalue weighted by atomic mass is 19.4. The van der Waals surface area contributed by atoms with Crippen LogP contribution in [0.25, 0.3) is 94.8 Å². The van der Waals surface area contributed by atoms with Gasteiger partial charge >= 0.3 is 12.4 Å². The van der Waals surface area contributed by atoms with Crippen LogP contribution >= 0.6 is 0 Å². The van der Waals surface area contributed by atoms with Gasteiger partial charge in [0.15, 0.2) is 5.82 Å². The molecule has 0 aliphatic carbocycles. The number of halogens is 6. The molecule has 0 atom stereocenters. The summed E-state index contributed by atoms with van der Waals surface area (Å²) in [6.07, 6.45) is -9.76. The van der Waals surface area contributed by atoms with Gasteiger partial charge in [-0.2, -0.15) is 36.9 Å². The Morgan fingerprint density at radius 3 is 1.39 bits per heavy atom. The molecule has 10 rings (SSSR count). The van der Waals surface area contributed by atoms with Crippen molar-refractivity contribution in [2.75, 3.05) is 0 Å². The molecule has 5 nitrogen and oxygen atoms in total. The third-order valence-electron chi connectivity index (χ3n) is 11.7. The second-order valence-corrected chi connectivity index (χ2v) is 15.8. The Labute approximate surface area is 379 Å². The Bertz CT molecular complexity index is 3470. The average Bonchev–Trinajstić information content (AvgIpc) is 3.69. The largest absolute Gasteiger partial charge is 0.417 e. The van der Waals surface area contributed by atoms with Crippen molar-refractivity contribution in [2.24, 2.45) is 0 Å². The molecule has 0 spiro atoms. The van der Waals surface area contributed by atoms with E-state index in [-0.39, 0.29) is 50.5 Å². The smallest absolute Gasteiger partial charge is 0.308 e. The minimum absolute atomic E-state index is 0.0282. The zero-order valence-corrected chi connectivity index (χ0v) is 34.9. The quantitative estimate of drug-likeness (QED) is 0.149. The topological polar surface area (TPSA) is 78.3 Å². The molecule has 0 saturated heterocycles. The minimum Gasteiger partial charge on any atom is -0.308 e. The number of fused-ring (bicyclic) bond motifs is 3. The SMILES string of the molecule is N#Cc1cc(C#N)cc(-c2ccc3c(c2)c2ccccc2n3-c2c(-c3ccccc3C(F)(F)F)cc(-c3nc(-c4ccccc4)cc(-c4ccccc4)n3)cc2-c2ccccc2C(F)(F)F)c1. The molecule has 0 bridgehead atoms. The maximum atomic E-state index is 15.4. The summed E-state index contributed by atoms with van der Waals surface area (Å²) >= 11 is 0. The fraction of sp³-hybridized carbons (Fsp3) is 0.0357. The maximum absolute atomic E-state index is 15.4. The van der Waals surface area contributed by atoms with Crippen molar-refractivity contribution in [1.82, 2.24) is 14.5 Å². The van der Waals surface area contributed by atoms with Crippen LogP contribution in [-0.4, -0.2) is 14.5 Å². The first-order valence-corrected chi connectivity index (χ1v) is 20.9. The molecular formula is C56H31F6N5. The van der Waals surface area contributed by atoms with E-state index in [9.17, 15) is 10.5 Å². The third-order valence-corrected chi connectivity index (χ3v) is 11.7. The van der Waals surface area contributed by atoms with Gasteiger partial charge in [-0.1, -0.05) is 121 Å². The first kappa shape index (κ1) is 42.2. The zero-order valence-electron chi connectivity index (χ0n) is 34.9. The number of rotatable bonds is 7. The van der Waals surface area contributed by atoms with Crippen LogP contribution in [0, 0.1) is 22.7 Å². The second kappa shape index (κ2) is 16.6. The summed E-state index contributed by atoms with van der Waals surface area (Å²) < 4.78 is 93.9. The lowest BCUT2D eigenvalue weighted by Crippen LogP contribution is -2.11. The average molecular weight is 888 g/mol. The molecular weight excluding hydrogens is 857 g/mol. The highest BCUT2D eigenvalue weighted by Gasteiger charge is 2.37. The van der Waals surface area contributed by atoms with Crippen molar-refractivity contribution in [1.29, 1.82) is 10.5 Å². The lowest BCUT2D eigenvalue weighted by molar-refractivity contribution is -0.137. The second-order valence-electron chi connectivity index (χ2n) is 15.8. The number of benzene rings is 8. The van der Waals surface area contributed by atoms with Gasteiger partial charge in [0.25, 0.3) is 0 Å². The van der Waals surface area contributed by atoms with Gasteiger partial charge in [-0.05, 0) is 89.0 Å². The maximum Gasteiger partial charge on any atom is 0.417 e. The number of nitrogens with zero attached hydrogens (tertiary/aromatic N) is 5. The van der Waals surface area contributed by atoms with Crippen molar-refractivity contribution in [2.45, 2.75) is 12.4 Å². The molecule has 2 heterocycles. The zero-order chi connectivity index (χ0) is 46.5. The van der Waals surface area contributed by atoms with Gasteiger partial charge in [0.2, 0.25) is 0 Å². The van der Waals surface area contributed by atoms with Crippen LogP contribution in [0.5, 0.6) is 0 Å². The lowest BCUT2D eigenvalue weighted by Gasteiger charge is -2.24. The Balaban J connectivity index is 1.37. The summed E-state index contributed by atoms with van der Waals surface area (Å²) in [6, 6.07) is 54.9. The lowest BCUT2D eigenvalue weighted by atomic mass is 9.88. The first-order valence-electron chi connectivity index (χ1n) is 20.9. The van der Waals surface area contributed by atoms with E-state index in [1.165, 1.54) is 54.6 Å². The van der Waals surface area contributed by atoms with Crippen molar-refractivity contribution < 1.29 is 26.3 Å². The van der Waals surface area contributed by atoms with Gasteiger partial charge < -0.3 is 4.57 Å². The van der Waals surface area contributed by atoms with Gasteiger partial charge in [-0.3, -0.25) is 0 Å². The molecule has 0 radical (unpaired) electrons. The predicted molar refractivity (Wildman–Crippen MR) is 248 cm³/mol. The fourth-order valence-electron chi connectivity index (χ4n) is 8.75. The number of para-hydroxylation sites is 1. The van der Waals surface area contributed by atoms with E-state index >= 15 is 26.3 Å². The molecule has 67 heavy (non-hydrogen) atoms. The normalized spacial score (nSPS) is 11.7. The molecule has 322 valence electrons. The van der Waals surface area contributed by atoms with Crippen molar-refractivity contribution in [3.63, 3.8) is 0 Å². The molecule has 0 amide bonds. The van der Waals surface area contributed by atoms with Crippen LogP contribution in [0.4, 0.5) is 26.3 Å². The van der Waals surface area contributed by atoms with E-state index in [1.54, 1.807) is 53.1 Å². The number of hydrogen-bond donors (Lipinski definition) is 0. The number of alkyl halides is 6. The minimum atomic E-state index is -4.88. The summed E-state index contributed by atoms with van der Waals surface area (Å²) in [4.78, 5) is 9.93. The van der Waals surface area contributed by atoms with Crippen LogP contribution < -0.4 is 0 Å². The highest BCUT2D eigenvalue weighted by Crippen LogP contribution is 2.49. The van der Waals surface area contributed by atoms with Crippen LogP contribution in [0.15, 0.2) is 188 Å². The summed E-state index contributed by atoms with van der Waals surface area (Å²) in [5.74, 6) is 0.0754. The van der Waals surface area contributed by atoms with Crippen LogP contribution in [-0.2, 0) is 12.4 Å². The highest BCUT2D eigenvalue weighted by molar-refractivity contribution is 6.12. The van der Waals surface area contributed by atoms with E-state index in [2.05, 4.69) is 12.1 Å². The van der Waals surface area contributed by atoms with Crippen molar-refractivity contribution >= 4 is 21.8 Å². The summed E-state index contributed by atoms with van der Waals surface area (Å²) in [6.45, 7) is 0. The first-order chi connectivity index (χ1) is 32.4. The Morgan fingerprint density at radius 2 is 0.866 bits per heavy atom. The number of hydrogen-bond acceptors (Lipinski definition) is 4. The predicted octanol–water partition coefficient (Wildman–Crippen LogP) is 15.4. The third kappa shape index (κ3) is 7.83. The molecule has 8 aromatic carbocycles. The molecule has 0 saturated carbocycles. The van der Waals surface area contributed by atoms with Crippen LogP contribution in [0.1, 0.15) is 22.3 Å². The van der Waals surface area contributed by atoms with Gasteiger partial charge in [-0.25, -0.2) is 9.97 Å². The van der Waals surface area contributed by atoms with Gasteiger partial charge in [0.1, 0.15) is 0 Å². The van der Waals surface area contributed by atoms with E-state index in [1.807, 2.05) is 72.8 Å². The summed E-state index contributed by atoms with van der Waals surface area (Å²) in [5, 5.41) is 20.8. The van der Waals surface area contributed by atoms with E-state index in [4.69, 9.17) is 9.97 Å². The molecule has 11 heteroatoms. The van der Waals surface area contributed by atoms with E-state index in [0.717, 1.165) is 23.3 Å². The van der Waals surface area contributed by atoms with Crippen LogP contribution in [0.3, 0.4) is 0 Å². The Kier molecular flexibility index (Phi) is 10.5. The van der Waals surface area contributed by atoms with E-state index in [0.29, 0.717) is 44.3 Å². The molecule has 0 N–H and O–H groups in total. The van der Waals surface area contributed by atoms with Gasteiger partial charge in [0.05, 0.1) is 62.5 Å². The summed E-state index contributed by atoms with van der Waals surface area (Å²) in [7, 11) is 0. The Morgan fingerprint density at radius 1 is 0.388 bits per heavy atom. The molecule has 0 fully saturated rings. The number of aromatic nitrogens is 3. The Hall–Kier alpha value is -8.80.